The van der Waals surface area contributed by atoms with Crippen molar-refractivity contribution in [2.45, 2.75) is 37.8 Å². The molecule has 2 aromatic rings. The standard InChI is InChI=1S/C18H21NO2S2/c1-12-2-3-14-15(10-23-16(14)8-12)17(20)19-13-4-6-21-18(9-13)5-7-22-11-18/h2-3,8,10,13H,4-7,9,11H2,1H3,(H,19,20)/t13-,18+/m0/s1. The van der Waals surface area contributed by atoms with Crippen LogP contribution in [0.15, 0.2) is 23.6 Å². The number of carbonyl (C=O) groups is 1. The Morgan fingerprint density at radius 2 is 2.35 bits per heavy atom. The number of hydrogen-bond acceptors (Lipinski definition) is 4. The summed E-state index contributed by atoms with van der Waals surface area (Å²) >= 11 is 3.61. The van der Waals surface area contributed by atoms with E-state index in [2.05, 4.69) is 30.4 Å². The SMILES string of the molecule is Cc1ccc2c(C(=O)N[C@H]3CCO[C@]4(CCSC4)C3)csc2c1. The number of thiophene rings is 1. The fraction of sp³-hybridized carbons (Fsp3) is 0.500. The number of benzene rings is 1. The molecule has 5 heteroatoms. The monoisotopic (exact) mass is 347 g/mol. The van der Waals surface area contributed by atoms with Crippen molar-refractivity contribution in [1.29, 1.82) is 0 Å². The first-order valence-electron chi connectivity index (χ1n) is 8.16. The summed E-state index contributed by atoms with van der Waals surface area (Å²) in [6.07, 6.45) is 2.98. The van der Waals surface area contributed by atoms with Crippen LogP contribution in [0.4, 0.5) is 0 Å². The highest BCUT2D eigenvalue weighted by Crippen LogP contribution is 2.38. The van der Waals surface area contributed by atoms with Crippen molar-refractivity contribution in [2.75, 3.05) is 18.1 Å². The van der Waals surface area contributed by atoms with Gasteiger partial charge in [-0.2, -0.15) is 11.8 Å². The van der Waals surface area contributed by atoms with E-state index in [0.717, 1.165) is 42.6 Å². The largest absolute Gasteiger partial charge is 0.374 e. The molecule has 2 aliphatic heterocycles. The van der Waals surface area contributed by atoms with Crippen LogP contribution in [0.5, 0.6) is 0 Å². The molecule has 122 valence electrons. The predicted octanol–water partition coefficient (Wildman–Crippen LogP) is 3.99. The van der Waals surface area contributed by atoms with Crippen molar-refractivity contribution in [2.24, 2.45) is 0 Å². The smallest absolute Gasteiger partial charge is 0.252 e. The zero-order valence-corrected chi connectivity index (χ0v) is 14.9. The van der Waals surface area contributed by atoms with Crippen LogP contribution >= 0.6 is 23.1 Å². The van der Waals surface area contributed by atoms with Crippen LogP contribution in [0.3, 0.4) is 0 Å². The molecular weight excluding hydrogens is 326 g/mol. The molecule has 4 rings (SSSR count). The molecule has 0 bridgehead atoms. The van der Waals surface area contributed by atoms with Crippen molar-refractivity contribution in [1.82, 2.24) is 5.32 Å². The van der Waals surface area contributed by atoms with E-state index in [0.29, 0.717) is 0 Å². The van der Waals surface area contributed by atoms with E-state index in [1.54, 1.807) is 11.3 Å². The normalized spacial score (nSPS) is 27.6. The Hall–Kier alpha value is -1.04. The summed E-state index contributed by atoms with van der Waals surface area (Å²) in [4.78, 5) is 12.7. The minimum absolute atomic E-state index is 0.00862. The number of rotatable bonds is 2. The van der Waals surface area contributed by atoms with Crippen LogP contribution in [0, 0.1) is 6.92 Å². The number of thioether (sulfide) groups is 1. The predicted molar refractivity (Wildman–Crippen MR) is 97.7 cm³/mol. The molecule has 2 fully saturated rings. The van der Waals surface area contributed by atoms with Gasteiger partial charge in [0.1, 0.15) is 0 Å². The van der Waals surface area contributed by atoms with Gasteiger partial charge in [-0.05, 0) is 43.6 Å². The minimum atomic E-state index is 0.00862. The van der Waals surface area contributed by atoms with Gasteiger partial charge in [0, 0.05) is 33.9 Å². The molecule has 3 heterocycles. The van der Waals surface area contributed by atoms with Gasteiger partial charge in [-0.15, -0.1) is 11.3 Å². The average Bonchev–Trinajstić information content (AvgIpc) is 3.14. The van der Waals surface area contributed by atoms with Crippen molar-refractivity contribution in [3.8, 4) is 0 Å². The van der Waals surface area contributed by atoms with Crippen LogP contribution in [0.25, 0.3) is 10.1 Å². The summed E-state index contributed by atoms with van der Waals surface area (Å²) in [5.41, 5.74) is 2.05. The van der Waals surface area contributed by atoms with Crippen LogP contribution in [-0.4, -0.2) is 35.7 Å². The first kappa shape index (κ1) is 15.5. The molecule has 0 aliphatic carbocycles. The van der Waals surface area contributed by atoms with Gasteiger partial charge >= 0.3 is 0 Å². The first-order chi connectivity index (χ1) is 11.2. The maximum absolute atomic E-state index is 12.7. The summed E-state index contributed by atoms with van der Waals surface area (Å²) < 4.78 is 7.23. The third-order valence-electron chi connectivity index (χ3n) is 4.87. The van der Waals surface area contributed by atoms with Gasteiger partial charge in [0.15, 0.2) is 0 Å². The summed E-state index contributed by atoms with van der Waals surface area (Å²) in [5.74, 6) is 2.31. The molecule has 1 amide bonds. The molecule has 3 nitrogen and oxygen atoms in total. The molecule has 1 N–H and O–H groups in total. The molecule has 2 atom stereocenters. The highest BCUT2D eigenvalue weighted by atomic mass is 32.2. The molecule has 23 heavy (non-hydrogen) atoms. The molecular formula is C18H21NO2S2. The molecule has 0 unspecified atom stereocenters. The van der Waals surface area contributed by atoms with Crippen molar-refractivity contribution < 1.29 is 9.53 Å². The lowest BCUT2D eigenvalue weighted by Gasteiger charge is -2.38. The lowest BCUT2D eigenvalue weighted by molar-refractivity contribution is -0.0688. The third-order valence-corrected chi connectivity index (χ3v) is 7.04. The number of amides is 1. The van der Waals surface area contributed by atoms with Crippen molar-refractivity contribution in [3.63, 3.8) is 0 Å². The Morgan fingerprint density at radius 3 is 3.17 bits per heavy atom. The number of nitrogens with one attached hydrogen (secondary N) is 1. The highest BCUT2D eigenvalue weighted by Gasteiger charge is 2.40. The van der Waals surface area contributed by atoms with E-state index in [-0.39, 0.29) is 17.6 Å². The number of carbonyl (C=O) groups excluding carboxylic acids is 1. The van der Waals surface area contributed by atoms with Crippen molar-refractivity contribution in [3.05, 3.63) is 34.7 Å². The molecule has 1 aromatic heterocycles. The quantitative estimate of drug-likeness (QED) is 0.892. The van der Waals surface area contributed by atoms with Gasteiger partial charge in [0.25, 0.3) is 5.91 Å². The Labute approximate surface area is 144 Å². The number of ether oxygens (including phenoxy) is 1. The van der Waals surface area contributed by atoms with Gasteiger partial charge in [-0.3, -0.25) is 4.79 Å². The van der Waals surface area contributed by atoms with Crippen molar-refractivity contribution >= 4 is 39.1 Å². The van der Waals surface area contributed by atoms with Gasteiger partial charge in [0.05, 0.1) is 11.2 Å². The number of fused-ring (bicyclic) bond motifs is 1. The summed E-state index contributed by atoms with van der Waals surface area (Å²) in [5, 5.41) is 6.31. The number of aryl methyl sites for hydroxylation is 1. The van der Waals surface area contributed by atoms with E-state index in [1.807, 2.05) is 17.1 Å². The van der Waals surface area contributed by atoms with Crippen LogP contribution in [0.1, 0.15) is 35.2 Å². The van der Waals surface area contributed by atoms with Gasteiger partial charge in [0.2, 0.25) is 0 Å². The fourth-order valence-electron chi connectivity index (χ4n) is 3.59. The summed E-state index contributed by atoms with van der Waals surface area (Å²) in [6, 6.07) is 6.52. The first-order valence-corrected chi connectivity index (χ1v) is 10.2. The fourth-order valence-corrected chi connectivity index (χ4v) is 6.00. The zero-order chi connectivity index (χ0) is 15.9. The van der Waals surface area contributed by atoms with Gasteiger partial charge < -0.3 is 10.1 Å². The summed E-state index contributed by atoms with van der Waals surface area (Å²) in [6.45, 7) is 2.84. The summed E-state index contributed by atoms with van der Waals surface area (Å²) in [7, 11) is 0. The highest BCUT2D eigenvalue weighted by molar-refractivity contribution is 7.99. The van der Waals surface area contributed by atoms with Crippen LogP contribution < -0.4 is 5.32 Å². The Bertz CT molecular complexity index is 734. The lowest BCUT2D eigenvalue weighted by Crippen LogP contribution is -2.48. The Kier molecular flexibility index (Phi) is 4.12. The van der Waals surface area contributed by atoms with E-state index in [9.17, 15) is 4.79 Å². The molecule has 2 aliphatic rings. The van der Waals surface area contributed by atoms with Gasteiger partial charge in [-0.25, -0.2) is 0 Å². The zero-order valence-electron chi connectivity index (χ0n) is 13.3. The Morgan fingerprint density at radius 1 is 1.43 bits per heavy atom. The third kappa shape index (κ3) is 3.02. The van der Waals surface area contributed by atoms with Gasteiger partial charge in [-0.1, -0.05) is 12.1 Å². The maximum Gasteiger partial charge on any atom is 0.252 e. The maximum atomic E-state index is 12.7. The number of hydrogen-bond donors (Lipinski definition) is 1. The van der Waals surface area contributed by atoms with E-state index in [1.165, 1.54) is 16.0 Å². The average molecular weight is 348 g/mol. The molecule has 1 spiro atoms. The van der Waals surface area contributed by atoms with E-state index >= 15 is 0 Å². The van der Waals surface area contributed by atoms with Crippen LogP contribution in [0.2, 0.25) is 0 Å². The topological polar surface area (TPSA) is 38.3 Å². The molecule has 0 saturated carbocycles. The second-order valence-corrected chi connectivity index (χ2v) is 8.66. The molecule has 0 radical (unpaired) electrons. The lowest BCUT2D eigenvalue weighted by atomic mass is 9.89. The van der Waals surface area contributed by atoms with Crippen LogP contribution in [-0.2, 0) is 4.74 Å². The second-order valence-electron chi connectivity index (χ2n) is 6.65. The molecule has 2 saturated heterocycles. The minimum Gasteiger partial charge on any atom is -0.374 e. The molecule has 1 aromatic carbocycles. The Balaban J connectivity index is 1.50. The van der Waals surface area contributed by atoms with E-state index in [4.69, 9.17) is 4.74 Å². The second kappa shape index (κ2) is 6.11. The van der Waals surface area contributed by atoms with E-state index < -0.39 is 0 Å².